The van der Waals surface area contributed by atoms with Crippen molar-refractivity contribution in [2.75, 3.05) is 26.1 Å². The first-order valence-corrected chi connectivity index (χ1v) is 14.4. The number of hydrogen-bond acceptors (Lipinski definition) is 8. The summed E-state index contributed by atoms with van der Waals surface area (Å²) in [6, 6.07) is 11.6. The van der Waals surface area contributed by atoms with Crippen molar-refractivity contribution in [3.8, 4) is 23.4 Å². The van der Waals surface area contributed by atoms with Crippen LogP contribution in [0.4, 0.5) is 10.5 Å². The summed E-state index contributed by atoms with van der Waals surface area (Å²) >= 11 is 0. The van der Waals surface area contributed by atoms with Crippen LogP contribution in [0.1, 0.15) is 48.9 Å². The Kier molecular flexibility index (Phi) is 7.73. The first-order valence-electron chi connectivity index (χ1n) is 14.4. The third kappa shape index (κ3) is 5.90. The lowest BCUT2D eigenvalue weighted by atomic mass is 9.82. The molecule has 6 rings (SSSR count). The topological polar surface area (TPSA) is 132 Å². The summed E-state index contributed by atoms with van der Waals surface area (Å²) in [6.07, 6.45) is 6.62. The Morgan fingerprint density at radius 2 is 1.83 bits per heavy atom. The molecule has 11 nitrogen and oxygen atoms in total. The SMILES string of the molecule is COc1ccc2c(c1)CCN(C1CCC(CCc3cc(Oc4cc(C)c5[nH]c(=O)oc5c4)nc(OC)n3)CC1)C(=O)N2. The zero-order valence-electron chi connectivity index (χ0n) is 24.1. The molecule has 1 aliphatic carbocycles. The number of urea groups is 1. The molecule has 2 aromatic carbocycles. The third-order valence-electron chi connectivity index (χ3n) is 8.35. The van der Waals surface area contributed by atoms with Crippen molar-refractivity contribution in [1.29, 1.82) is 0 Å². The number of anilines is 1. The number of methoxy groups -OCH3 is 2. The van der Waals surface area contributed by atoms with E-state index in [0.717, 1.165) is 73.2 Å². The summed E-state index contributed by atoms with van der Waals surface area (Å²) in [5.41, 5.74) is 4.71. The normalized spacial score (nSPS) is 18.7. The highest BCUT2D eigenvalue weighted by atomic mass is 16.5. The number of aromatic nitrogens is 3. The molecular weight excluding hydrogens is 538 g/mol. The van der Waals surface area contributed by atoms with Gasteiger partial charge in [0.2, 0.25) is 5.88 Å². The number of nitrogens with one attached hydrogen (secondary N) is 2. The van der Waals surface area contributed by atoms with Crippen LogP contribution in [0.25, 0.3) is 11.1 Å². The zero-order valence-corrected chi connectivity index (χ0v) is 24.1. The molecule has 0 atom stereocenters. The fraction of sp³-hybridized carbons (Fsp3) is 0.419. The number of nitrogens with zero attached hydrogens (tertiary/aromatic N) is 3. The summed E-state index contributed by atoms with van der Waals surface area (Å²) in [6.45, 7) is 2.57. The minimum atomic E-state index is -0.508. The smallest absolute Gasteiger partial charge is 0.417 e. The van der Waals surface area contributed by atoms with Gasteiger partial charge in [-0.2, -0.15) is 4.98 Å². The highest BCUT2D eigenvalue weighted by Crippen LogP contribution is 2.34. The number of oxazole rings is 1. The summed E-state index contributed by atoms with van der Waals surface area (Å²) < 4.78 is 21.9. The Morgan fingerprint density at radius 1 is 1.00 bits per heavy atom. The van der Waals surface area contributed by atoms with Crippen LogP contribution in [0.3, 0.4) is 0 Å². The average molecular weight is 574 g/mol. The van der Waals surface area contributed by atoms with Gasteiger partial charge in [-0.15, -0.1) is 0 Å². The third-order valence-corrected chi connectivity index (χ3v) is 8.35. The fourth-order valence-corrected chi connectivity index (χ4v) is 6.09. The number of amides is 2. The van der Waals surface area contributed by atoms with E-state index in [1.54, 1.807) is 13.2 Å². The van der Waals surface area contributed by atoms with E-state index in [9.17, 15) is 9.59 Å². The van der Waals surface area contributed by atoms with Crippen LogP contribution in [-0.2, 0) is 12.8 Å². The van der Waals surface area contributed by atoms with Crippen molar-refractivity contribution in [2.45, 2.75) is 57.9 Å². The molecule has 2 aromatic heterocycles. The van der Waals surface area contributed by atoms with E-state index in [2.05, 4.69) is 20.3 Å². The van der Waals surface area contributed by atoms with Gasteiger partial charge in [0, 0.05) is 30.4 Å². The quantitative estimate of drug-likeness (QED) is 0.278. The van der Waals surface area contributed by atoms with Crippen molar-refractivity contribution in [3.05, 3.63) is 63.8 Å². The largest absolute Gasteiger partial charge is 0.497 e. The van der Waals surface area contributed by atoms with Crippen molar-refractivity contribution in [2.24, 2.45) is 5.92 Å². The maximum Gasteiger partial charge on any atom is 0.417 e. The average Bonchev–Trinajstić information content (AvgIpc) is 3.29. The molecule has 220 valence electrons. The van der Waals surface area contributed by atoms with Gasteiger partial charge >= 0.3 is 17.8 Å². The molecule has 0 unspecified atom stereocenters. The minimum absolute atomic E-state index is 0.0176. The number of carbonyl (C=O) groups is 1. The molecule has 3 heterocycles. The maximum absolute atomic E-state index is 13.1. The van der Waals surface area contributed by atoms with Crippen LogP contribution in [0.2, 0.25) is 0 Å². The second-order valence-corrected chi connectivity index (χ2v) is 11.0. The minimum Gasteiger partial charge on any atom is -0.497 e. The van der Waals surface area contributed by atoms with E-state index in [0.29, 0.717) is 35.2 Å². The Bertz CT molecular complexity index is 1660. The van der Waals surface area contributed by atoms with E-state index in [4.69, 9.17) is 18.6 Å². The van der Waals surface area contributed by atoms with Crippen LogP contribution in [-0.4, -0.2) is 52.7 Å². The highest BCUT2D eigenvalue weighted by molar-refractivity contribution is 5.91. The Morgan fingerprint density at radius 3 is 2.62 bits per heavy atom. The predicted octanol–water partition coefficient (Wildman–Crippen LogP) is 5.61. The molecule has 0 saturated heterocycles. The number of benzene rings is 2. The second-order valence-electron chi connectivity index (χ2n) is 11.0. The van der Waals surface area contributed by atoms with Gasteiger partial charge in [-0.05, 0) is 93.2 Å². The van der Waals surface area contributed by atoms with Crippen LogP contribution in [0.5, 0.6) is 23.4 Å². The van der Waals surface area contributed by atoms with Gasteiger partial charge in [-0.25, -0.2) is 14.6 Å². The molecular formula is C31H35N5O6. The summed E-state index contributed by atoms with van der Waals surface area (Å²) in [5.74, 6) is 1.71. The van der Waals surface area contributed by atoms with Crippen LogP contribution >= 0.6 is 0 Å². The Balaban J connectivity index is 1.06. The van der Waals surface area contributed by atoms with Crippen molar-refractivity contribution < 1.29 is 23.4 Å². The molecule has 1 fully saturated rings. The molecule has 1 aliphatic heterocycles. The number of carbonyl (C=O) groups excluding carboxylic acids is 1. The maximum atomic E-state index is 13.1. The van der Waals surface area contributed by atoms with Crippen molar-refractivity contribution in [3.63, 3.8) is 0 Å². The summed E-state index contributed by atoms with van der Waals surface area (Å²) in [4.78, 5) is 38.2. The number of aromatic amines is 1. The van der Waals surface area contributed by atoms with Crippen LogP contribution < -0.4 is 25.3 Å². The van der Waals surface area contributed by atoms with E-state index < -0.39 is 5.76 Å². The van der Waals surface area contributed by atoms with Crippen molar-refractivity contribution >= 4 is 22.8 Å². The zero-order chi connectivity index (χ0) is 29.2. The predicted molar refractivity (Wildman–Crippen MR) is 157 cm³/mol. The lowest BCUT2D eigenvalue weighted by molar-refractivity contribution is 0.153. The molecule has 4 aromatic rings. The van der Waals surface area contributed by atoms with Gasteiger partial charge in [0.1, 0.15) is 11.5 Å². The molecule has 1 saturated carbocycles. The second kappa shape index (κ2) is 11.8. The van der Waals surface area contributed by atoms with Gasteiger partial charge in [-0.1, -0.05) is 0 Å². The molecule has 2 N–H and O–H groups in total. The molecule has 11 heteroatoms. The molecule has 0 bridgehead atoms. The first kappa shape index (κ1) is 27.6. The van der Waals surface area contributed by atoms with Gasteiger partial charge in [0.15, 0.2) is 5.58 Å². The summed E-state index contributed by atoms with van der Waals surface area (Å²) in [7, 11) is 3.19. The molecule has 0 spiro atoms. The fourth-order valence-electron chi connectivity index (χ4n) is 6.09. The van der Waals surface area contributed by atoms with Crippen LogP contribution in [0.15, 0.2) is 45.6 Å². The van der Waals surface area contributed by atoms with Crippen LogP contribution in [0, 0.1) is 12.8 Å². The van der Waals surface area contributed by atoms with Gasteiger partial charge in [-0.3, -0.25) is 4.98 Å². The highest BCUT2D eigenvalue weighted by Gasteiger charge is 2.31. The number of rotatable bonds is 8. The van der Waals surface area contributed by atoms with E-state index >= 15 is 0 Å². The number of fused-ring (bicyclic) bond motifs is 2. The summed E-state index contributed by atoms with van der Waals surface area (Å²) in [5, 5.41) is 3.10. The first-order chi connectivity index (χ1) is 20.4. The Hall–Kier alpha value is -4.54. The standard InChI is InChI=1S/C31H35N5O6/c1-18-14-24(17-26-28(18)35-31(38)42-26)41-27-16-21(32-29(34-27)40-3)7-4-19-5-8-22(9-6-19)36-13-12-20-15-23(39-2)10-11-25(20)33-30(36)37/h10-11,14-17,19,22H,4-9,12-13H2,1-3H3,(H,33,37)(H,35,38). The lowest BCUT2D eigenvalue weighted by Crippen LogP contribution is -2.44. The molecule has 42 heavy (non-hydrogen) atoms. The van der Waals surface area contributed by atoms with Crippen molar-refractivity contribution in [1.82, 2.24) is 19.9 Å². The van der Waals surface area contributed by atoms with E-state index in [1.165, 1.54) is 7.11 Å². The van der Waals surface area contributed by atoms with Gasteiger partial charge in [0.05, 0.1) is 25.4 Å². The molecule has 0 radical (unpaired) electrons. The van der Waals surface area contributed by atoms with Gasteiger partial charge in [0.25, 0.3) is 0 Å². The Labute approximate surface area is 243 Å². The number of ether oxygens (including phenoxy) is 3. The number of H-pyrrole nitrogens is 1. The van der Waals surface area contributed by atoms with Gasteiger partial charge < -0.3 is 28.8 Å². The molecule has 2 aliphatic rings. The number of hydrogen-bond donors (Lipinski definition) is 2. The van der Waals surface area contributed by atoms with E-state index in [1.807, 2.05) is 42.2 Å². The molecule has 2 amide bonds. The van der Waals surface area contributed by atoms with E-state index in [-0.39, 0.29) is 18.1 Å². The lowest BCUT2D eigenvalue weighted by Gasteiger charge is -2.36. The number of aryl methyl sites for hydroxylation is 2. The monoisotopic (exact) mass is 573 g/mol.